The molecule has 0 bridgehead atoms. The van der Waals surface area contributed by atoms with Crippen molar-refractivity contribution in [1.82, 2.24) is 19.2 Å². The first-order valence-electron chi connectivity index (χ1n) is 7.53. The highest BCUT2D eigenvalue weighted by atomic mass is 16.5. The lowest BCUT2D eigenvalue weighted by Gasteiger charge is -2.10. The summed E-state index contributed by atoms with van der Waals surface area (Å²) >= 11 is 0. The van der Waals surface area contributed by atoms with Crippen LogP contribution in [0.1, 0.15) is 19.5 Å². The molecule has 0 saturated heterocycles. The Kier molecular flexibility index (Phi) is 4.38. The average Bonchev–Trinajstić information content (AvgIpc) is 3.13. The topological polar surface area (TPSA) is 73.5 Å². The molecule has 3 heterocycles. The van der Waals surface area contributed by atoms with Gasteiger partial charge in [0.05, 0.1) is 24.1 Å². The Morgan fingerprint density at radius 3 is 3.04 bits per heavy atom. The van der Waals surface area contributed by atoms with Crippen LogP contribution < -0.4 is 5.32 Å². The third kappa shape index (κ3) is 3.57. The van der Waals surface area contributed by atoms with Gasteiger partial charge in [0.15, 0.2) is 0 Å². The number of hydrogen-bond donors (Lipinski definition) is 1. The molecule has 0 fully saturated rings. The van der Waals surface area contributed by atoms with Crippen molar-refractivity contribution in [1.29, 1.82) is 0 Å². The molecule has 0 unspecified atom stereocenters. The molecule has 0 aromatic carbocycles. The number of ether oxygens (including phenoxy) is 1. The molecule has 1 amide bonds. The standard InChI is InChI=1S/C16H19N5O2/c1-3-23-12(2)16(22)19-13-8-17-21(10-13)11-14-9-20-7-5-4-6-15(20)18-14/h4-10,12H,3,11H2,1-2H3,(H,19,22)/t12-/m0/s1. The Morgan fingerprint density at radius 2 is 2.26 bits per heavy atom. The molecule has 1 N–H and O–H groups in total. The van der Waals surface area contributed by atoms with Gasteiger partial charge >= 0.3 is 0 Å². The fourth-order valence-electron chi connectivity index (χ4n) is 2.31. The van der Waals surface area contributed by atoms with Crippen LogP contribution in [-0.4, -0.2) is 37.8 Å². The molecule has 0 spiro atoms. The highest BCUT2D eigenvalue weighted by molar-refractivity contribution is 5.93. The van der Waals surface area contributed by atoms with E-state index >= 15 is 0 Å². The van der Waals surface area contributed by atoms with E-state index in [9.17, 15) is 4.79 Å². The minimum atomic E-state index is -0.484. The molecular weight excluding hydrogens is 294 g/mol. The first-order chi connectivity index (χ1) is 11.2. The summed E-state index contributed by atoms with van der Waals surface area (Å²) in [6, 6.07) is 5.86. The molecular formula is C16H19N5O2. The van der Waals surface area contributed by atoms with Crippen LogP contribution in [0.15, 0.2) is 43.0 Å². The van der Waals surface area contributed by atoms with Gasteiger partial charge in [0.25, 0.3) is 5.91 Å². The smallest absolute Gasteiger partial charge is 0.253 e. The number of nitrogens with one attached hydrogen (secondary N) is 1. The lowest BCUT2D eigenvalue weighted by molar-refractivity contribution is -0.126. The van der Waals surface area contributed by atoms with Crippen LogP contribution in [0.4, 0.5) is 5.69 Å². The van der Waals surface area contributed by atoms with Gasteiger partial charge in [-0.25, -0.2) is 4.98 Å². The van der Waals surface area contributed by atoms with E-state index in [0.717, 1.165) is 11.3 Å². The fourth-order valence-corrected chi connectivity index (χ4v) is 2.31. The number of carbonyl (C=O) groups excluding carboxylic acids is 1. The summed E-state index contributed by atoms with van der Waals surface area (Å²) in [5.74, 6) is -0.181. The monoisotopic (exact) mass is 313 g/mol. The number of aromatic nitrogens is 4. The van der Waals surface area contributed by atoms with Crippen LogP contribution >= 0.6 is 0 Å². The largest absolute Gasteiger partial charge is 0.369 e. The molecule has 0 aliphatic carbocycles. The van der Waals surface area contributed by atoms with Crippen molar-refractivity contribution < 1.29 is 9.53 Å². The van der Waals surface area contributed by atoms with Crippen LogP contribution in [0.5, 0.6) is 0 Å². The Hall–Kier alpha value is -2.67. The highest BCUT2D eigenvalue weighted by Gasteiger charge is 2.13. The van der Waals surface area contributed by atoms with Crippen molar-refractivity contribution >= 4 is 17.2 Å². The third-order valence-electron chi connectivity index (χ3n) is 3.42. The number of anilines is 1. The van der Waals surface area contributed by atoms with Crippen LogP contribution in [-0.2, 0) is 16.1 Å². The lowest BCUT2D eigenvalue weighted by Crippen LogP contribution is -2.27. The SMILES string of the molecule is CCO[C@@H](C)C(=O)Nc1cnn(Cc2cn3ccccc3n2)c1. The number of carbonyl (C=O) groups is 1. The molecule has 120 valence electrons. The summed E-state index contributed by atoms with van der Waals surface area (Å²) in [4.78, 5) is 16.4. The van der Waals surface area contributed by atoms with Crippen LogP contribution in [0.25, 0.3) is 5.65 Å². The van der Waals surface area contributed by atoms with Gasteiger partial charge in [-0.05, 0) is 26.0 Å². The molecule has 3 aromatic heterocycles. The highest BCUT2D eigenvalue weighted by Crippen LogP contribution is 2.10. The molecule has 0 aliphatic heterocycles. The maximum absolute atomic E-state index is 11.9. The van der Waals surface area contributed by atoms with Gasteiger partial charge in [0.1, 0.15) is 11.8 Å². The molecule has 0 aliphatic rings. The normalized spacial score (nSPS) is 12.4. The number of nitrogens with zero attached hydrogens (tertiary/aromatic N) is 4. The van der Waals surface area contributed by atoms with Gasteiger partial charge in [-0.1, -0.05) is 6.07 Å². The van der Waals surface area contributed by atoms with Crippen LogP contribution in [0, 0.1) is 0 Å². The average molecular weight is 313 g/mol. The van der Waals surface area contributed by atoms with E-state index in [1.807, 2.05) is 41.9 Å². The number of rotatable bonds is 6. The zero-order valence-electron chi connectivity index (χ0n) is 13.1. The number of fused-ring (bicyclic) bond motifs is 1. The van der Waals surface area contributed by atoms with Crippen LogP contribution in [0.2, 0.25) is 0 Å². The van der Waals surface area contributed by atoms with Crippen molar-refractivity contribution in [2.45, 2.75) is 26.5 Å². The van der Waals surface area contributed by atoms with Gasteiger partial charge in [0.2, 0.25) is 0 Å². The zero-order chi connectivity index (χ0) is 16.2. The fraction of sp³-hybridized carbons (Fsp3) is 0.312. The number of hydrogen-bond acceptors (Lipinski definition) is 4. The molecule has 3 rings (SSSR count). The quantitative estimate of drug-likeness (QED) is 0.755. The second-order valence-electron chi connectivity index (χ2n) is 5.21. The minimum Gasteiger partial charge on any atom is -0.369 e. The van der Waals surface area contributed by atoms with E-state index in [0.29, 0.717) is 18.8 Å². The van der Waals surface area contributed by atoms with E-state index in [1.54, 1.807) is 24.0 Å². The molecule has 23 heavy (non-hydrogen) atoms. The maximum atomic E-state index is 11.9. The third-order valence-corrected chi connectivity index (χ3v) is 3.42. The van der Waals surface area contributed by atoms with Gasteiger partial charge in [0, 0.05) is 25.2 Å². The van der Waals surface area contributed by atoms with Crippen molar-refractivity contribution in [3.05, 3.63) is 48.7 Å². The van der Waals surface area contributed by atoms with Gasteiger partial charge < -0.3 is 14.5 Å². The summed E-state index contributed by atoms with van der Waals surface area (Å²) in [7, 11) is 0. The maximum Gasteiger partial charge on any atom is 0.253 e. The predicted molar refractivity (Wildman–Crippen MR) is 86.2 cm³/mol. The summed E-state index contributed by atoms with van der Waals surface area (Å²) < 4.78 is 8.96. The molecule has 0 radical (unpaired) electrons. The van der Waals surface area contributed by atoms with Crippen molar-refractivity contribution in [2.75, 3.05) is 11.9 Å². The summed E-state index contributed by atoms with van der Waals surface area (Å²) in [6.07, 6.45) is 6.83. The Morgan fingerprint density at radius 1 is 1.39 bits per heavy atom. The van der Waals surface area contributed by atoms with E-state index in [2.05, 4.69) is 15.4 Å². The van der Waals surface area contributed by atoms with E-state index in [1.165, 1.54) is 0 Å². The van der Waals surface area contributed by atoms with Gasteiger partial charge in [-0.3, -0.25) is 9.48 Å². The molecule has 7 heteroatoms. The Bertz CT molecular complexity index is 775. The summed E-state index contributed by atoms with van der Waals surface area (Å²) in [5, 5.41) is 7.04. The van der Waals surface area contributed by atoms with Crippen molar-refractivity contribution in [2.24, 2.45) is 0 Å². The summed E-state index contributed by atoms with van der Waals surface area (Å²) in [6.45, 7) is 4.62. The number of pyridine rings is 1. The van der Waals surface area contributed by atoms with E-state index in [4.69, 9.17) is 4.74 Å². The number of imidazole rings is 1. The first kappa shape index (κ1) is 15.2. The molecule has 0 saturated carbocycles. The van der Waals surface area contributed by atoms with E-state index in [-0.39, 0.29) is 5.91 Å². The van der Waals surface area contributed by atoms with Crippen molar-refractivity contribution in [3.63, 3.8) is 0 Å². The number of amides is 1. The molecule has 1 atom stereocenters. The van der Waals surface area contributed by atoms with E-state index < -0.39 is 6.10 Å². The van der Waals surface area contributed by atoms with Crippen molar-refractivity contribution in [3.8, 4) is 0 Å². The Balaban J connectivity index is 1.66. The lowest BCUT2D eigenvalue weighted by atomic mass is 10.3. The zero-order valence-corrected chi connectivity index (χ0v) is 13.1. The Labute approximate surface area is 133 Å². The predicted octanol–water partition coefficient (Wildman–Crippen LogP) is 1.94. The second kappa shape index (κ2) is 6.62. The van der Waals surface area contributed by atoms with Crippen LogP contribution in [0.3, 0.4) is 0 Å². The summed E-state index contributed by atoms with van der Waals surface area (Å²) in [5.41, 5.74) is 2.44. The second-order valence-corrected chi connectivity index (χ2v) is 5.21. The van der Waals surface area contributed by atoms with Gasteiger partial charge in [-0.15, -0.1) is 0 Å². The van der Waals surface area contributed by atoms with Gasteiger partial charge in [-0.2, -0.15) is 5.10 Å². The molecule has 7 nitrogen and oxygen atoms in total. The first-order valence-corrected chi connectivity index (χ1v) is 7.53. The molecule has 3 aromatic rings. The minimum absolute atomic E-state index is 0.181.